The molecule has 1 amide bonds. The van der Waals surface area contributed by atoms with Gasteiger partial charge in [0.1, 0.15) is 5.60 Å². The Labute approximate surface area is 222 Å². The van der Waals surface area contributed by atoms with Gasteiger partial charge in [0.25, 0.3) is 0 Å². The Morgan fingerprint density at radius 1 is 1.03 bits per heavy atom. The summed E-state index contributed by atoms with van der Waals surface area (Å²) in [5.74, 6) is -0.00356. The molecule has 0 saturated heterocycles. The Bertz CT molecular complexity index is 1340. The second-order valence-electron chi connectivity index (χ2n) is 10.2. The zero-order chi connectivity index (χ0) is 26.4. The van der Waals surface area contributed by atoms with Gasteiger partial charge in [-0.1, -0.05) is 60.7 Å². The van der Waals surface area contributed by atoms with Crippen molar-refractivity contribution in [3.63, 3.8) is 0 Å². The molecule has 1 atom stereocenters. The fraction of sp³-hybridized carbons (Fsp3) is 0.300. The number of carbonyl (C=O) groups is 2. The van der Waals surface area contributed by atoms with Crippen LogP contribution in [0.25, 0.3) is 22.4 Å². The molecule has 2 aromatic heterocycles. The van der Waals surface area contributed by atoms with E-state index in [-0.39, 0.29) is 11.7 Å². The highest BCUT2D eigenvalue weighted by atomic mass is 32.1. The molecule has 1 N–H and O–H groups in total. The summed E-state index contributed by atoms with van der Waals surface area (Å²) in [7, 11) is 1.92. The number of aromatic nitrogens is 2. The van der Waals surface area contributed by atoms with Crippen molar-refractivity contribution in [2.45, 2.75) is 39.2 Å². The standard InChI is InChI=1S/C30H33N3O3S/c1-30(2,3)36-29(35)31-18-22(15-21-11-7-5-8-12-21)16-26(34)27-17-24(20-37-27)28-25(19-32-33(28)4)23-13-9-6-10-14-23/h5-14,17,19-20,22H,15-16,18H2,1-4H3,(H,31,35). The van der Waals surface area contributed by atoms with Gasteiger partial charge in [0.15, 0.2) is 5.78 Å². The molecule has 0 bridgehead atoms. The van der Waals surface area contributed by atoms with Crippen LogP contribution >= 0.6 is 11.3 Å². The molecule has 0 spiro atoms. The number of ether oxygens (including phenoxy) is 1. The van der Waals surface area contributed by atoms with Crippen molar-refractivity contribution in [3.8, 4) is 22.4 Å². The lowest BCUT2D eigenvalue weighted by Gasteiger charge is -2.22. The molecule has 0 aliphatic carbocycles. The number of benzene rings is 2. The summed E-state index contributed by atoms with van der Waals surface area (Å²) in [6.45, 7) is 5.85. The number of Topliss-reactive ketones (excluding diaryl/α,β-unsaturated/α-hetero) is 1. The Morgan fingerprint density at radius 2 is 1.70 bits per heavy atom. The van der Waals surface area contributed by atoms with Crippen LogP contribution in [0.4, 0.5) is 4.79 Å². The minimum absolute atomic E-state index is 0.0617. The van der Waals surface area contributed by atoms with E-state index in [0.717, 1.165) is 27.9 Å². The van der Waals surface area contributed by atoms with Gasteiger partial charge in [-0.05, 0) is 50.3 Å². The Kier molecular flexibility index (Phi) is 8.24. The van der Waals surface area contributed by atoms with Crippen LogP contribution in [-0.2, 0) is 18.2 Å². The number of hydrogen-bond acceptors (Lipinski definition) is 5. The van der Waals surface area contributed by atoms with Crippen molar-refractivity contribution in [1.82, 2.24) is 15.1 Å². The first-order valence-electron chi connectivity index (χ1n) is 12.4. The van der Waals surface area contributed by atoms with Crippen LogP contribution in [0.3, 0.4) is 0 Å². The average molecular weight is 516 g/mol. The zero-order valence-corrected chi connectivity index (χ0v) is 22.5. The van der Waals surface area contributed by atoms with Gasteiger partial charge in [0, 0.05) is 36.5 Å². The molecule has 192 valence electrons. The van der Waals surface area contributed by atoms with Gasteiger partial charge in [-0.15, -0.1) is 11.3 Å². The fourth-order valence-corrected chi connectivity index (χ4v) is 5.13. The molecule has 2 aromatic carbocycles. The van der Waals surface area contributed by atoms with Crippen LogP contribution in [0.15, 0.2) is 78.3 Å². The van der Waals surface area contributed by atoms with Crippen molar-refractivity contribution in [2.75, 3.05) is 6.54 Å². The number of nitrogens with zero attached hydrogens (tertiary/aromatic N) is 2. The van der Waals surface area contributed by atoms with Crippen LogP contribution in [0.1, 0.15) is 42.4 Å². The second-order valence-corrected chi connectivity index (χ2v) is 11.1. The third-order valence-corrected chi connectivity index (χ3v) is 6.92. The fourth-order valence-electron chi connectivity index (χ4n) is 4.28. The minimum atomic E-state index is -0.577. The van der Waals surface area contributed by atoms with E-state index in [1.54, 1.807) is 0 Å². The van der Waals surface area contributed by atoms with Crippen molar-refractivity contribution in [2.24, 2.45) is 13.0 Å². The van der Waals surface area contributed by atoms with Crippen LogP contribution in [0.2, 0.25) is 0 Å². The van der Waals surface area contributed by atoms with Gasteiger partial charge in [0.2, 0.25) is 0 Å². The number of carbonyl (C=O) groups excluding carboxylic acids is 2. The predicted octanol–water partition coefficient (Wildman–Crippen LogP) is 6.77. The van der Waals surface area contributed by atoms with E-state index >= 15 is 0 Å². The maximum Gasteiger partial charge on any atom is 0.407 e. The number of aryl methyl sites for hydroxylation is 1. The number of thiophene rings is 1. The normalized spacial score (nSPS) is 12.2. The van der Waals surface area contributed by atoms with E-state index < -0.39 is 11.7 Å². The van der Waals surface area contributed by atoms with Crippen LogP contribution < -0.4 is 5.32 Å². The van der Waals surface area contributed by atoms with Crippen molar-refractivity contribution in [3.05, 3.63) is 88.7 Å². The number of ketones is 1. The van der Waals surface area contributed by atoms with E-state index in [1.807, 2.05) is 98.7 Å². The summed E-state index contributed by atoms with van der Waals surface area (Å²) >= 11 is 1.45. The first kappa shape index (κ1) is 26.4. The third kappa shape index (κ3) is 7.17. The number of rotatable bonds is 9. The van der Waals surface area contributed by atoms with Crippen molar-refractivity contribution < 1.29 is 14.3 Å². The van der Waals surface area contributed by atoms with Crippen LogP contribution in [0.5, 0.6) is 0 Å². The SMILES string of the molecule is Cn1ncc(-c2ccccc2)c1-c1csc(C(=O)CC(CNC(=O)OC(C)(C)C)Cc2ccccc2)c1. The van der Waals surface area contributed by atoms with E-state index in [9.17, 15) is 9.59 Å². The smallest absolute Gasteiger partial charge is 0.407 e. The summed E-state index contributed by atoms with van der Waals surface area (Å²) in [6, 6.07) is 22.1. The quantitative estimate of drug-likeness (QED) is 0.250. The molecule has 6 nitrogen and oxygen atoms in total. The molecule has 0 radical (unpaired) electrons. The third-order valence-electron chi connectivity index (χ3n) is 5.95. The average Bonchev–Trinajstić information content (AvgIpc) is 3.49. The number of hydrogen-bond donors (Lipinski definition) is 1. The van der Waals surface area contributed by atoms with Gasteiger partial charge in [-0.25, -0.2) is 4.79 Å². The molecule has 0 saturated carbocycles. The lowest BCUT2D eigenvalue weighted by molar-refractivity contribution is 0.0516. The Balaban J connectivity index is 1.50. The zero-order valence-electron chi connectivity index (χ0n) is 21.7. The molecule has 4 aromatic rings. The topological polar surface area (TPSA) is 73.2 Å². The summed E-state index contributed by atoms with van der Waals surface area (Å²) < 4.78 is 7.24. The molecular weight excluding hydrogens is 482 g/mol. The van der Waals surface area contributed by atoms with Gasteiger partial charge < -0.3 is 10.1 Å². The maximum atomic E-state index is 13.4. The summed E-state index contributed by atoms with van der Waals surface area (Å²) in [6.07, 6.45) is 2.39. The molecule has 0 aliphatic rings. The molecule has 37 heavy (non-hydrogen) atoms. The highest BCUT2D eigenvalue weighted by Gasteiger charge is 2.22. The highest BCUT2D eigenvalue weighted by Crippen LogP contribution is 2.34. The largest absolute Gasteiger partial charge is 0.444 e. The summed E-state index contributed by atoms with van der Waals surface area (Å²) in [4.78, 5) is 26.3. The number of nitrogens with one attached hydrogen (secondary N) is 1. The van der Waals surface area contributed by atoms with Crippen LogP contribution in [-0.4, -0.2) is 33.8 Å². The number of alkyl carbamates (subject to hydrolysis) is 1. The molecule has 7 heteroatoms. The summed E-state index contributed by atoms with van der Waals surface area (Å²) in [5.41, 5.74) is 4.62. The molecule has 4 rings (SSSR count). The van der Waals surface area contributed by atoms with Gasteiger partial charge in [0.05, 0.1) is 16.8 Å². The lowest BCUT2D eigenvalue weighted by Crippen LogP contribution is -2.36. The molecule has 1 unspecified atom stereocenters. The molecule has 0 aliphatic heterocycles. The van der Waals surface area contributed by atoms with Crippen LogP contribution in [0, 0.1) is 5.92 Å². The highest BCUT2D eigenvalue weighted by molar-refractivity contribution is 7.12. The molecule has 2 heterocycles. The van der Waals surface area contributed by atoms with E-state index in [4.69, 9.17) is 4.74 Å². The van der Waals surface area contributed by atoms with Gasteiger partial charge in [-0.3, -0.25) is 9.48 Å². The molecule has 0 fully saturated rings. The Morgan fingerprint density at radius 3 is 2.38 bits per heavy atom. The first-order valence-corrected chi connectivity index (χ1v) is 13.3. The van der Waals surface area contributed by atoms with Gasteiger partial charge >= 0.3 is 6.09 Å². The van der Waals surface area contributed by atoms with Gasteiger partial charge in [-0.2, -0.15) is 5.10 Å². The lowest BCUT2D eigenvalue weighted by atomic mass is 9.93. The second kappa shape index (κ2) is 11.6. The minimum Gasteiger partial charge on any atom is -0.444 e. The van der Waals surface area contributed by atoms with Crippen molar-refractivity contribution >= 4 is 23.2 Å². The van der Waals surface area contributed by atoms with E-state index in [1.165, 1.54) is 11.3 Å². The number of amides is 1. The van der Waals surface area contributed by atoms with E-state index in [2.05, 4.69) is 22.5 Å². The molecular formula is C30H33N3O3S. The Hall–Kier alpha value is -3.71. The van der Waals surface area contributed by atoms with Crippen molar-refractivity contribution in [1.29, 1.82) is 0 Å². The van der Waals surface area contributed by atoms with E-state index in [0.29, 0.717) is 24.3 Å². The summed E-state index contributed by atoms with van der Waals surface area (Å²) in [5, 5.41) is 9.34. The monoisotopic (exact) mass is 515 g/mol. The predicted molar refractivity (Wildman–Crippen MR) is 149 cm³/mol. The maximum absolute atomic E-state index is 13.4. The first-order chi connectivity index (χ1) is 17.7.